The molecule has 0 aromatic carbocycles. The van der Waals surface area contributed by atoms with Gasteiger partial charge in [-0.25, -0.2) is 0 Å². The van der Waals surface area contributed by atoms with Crippen LogP contribution in [0, 0.1) is 23.2 Å². The first-order valence-electron chi connectivity index (χ1n) is 7.20. The Balaban J connectivity index is 2.11. The number of alkyl halides is 1. The summed E-state index contributed by atoms with van der Waals surface area (Å²) in [6.07, 6.45) is 8.96. The zero-order valence-electron chi connectivity index (χ0n) is 11.8. The maximum Gasteiger partial charge on any atom is 0.0523 e. The molecule has 0 spiro atoms. The van der Waals surface area contributed by atoms with Crippen molar-refractivity contribution >= 4 is 11.6 Å². The molecule has 0 radical (unpaired) electrons. The Morgan fingerprint density at radius 1 is 1.12 bits per heavy atom. The van der Waals surface area contributed by atoms with Crippen LogP contribution in [0.4, 0.5) is 0 Å². The fourth-order valence-electron chi connectivity index (χ4n) is 4.03. The molecule has 0 heterocycles. The molecule has 0 amide bonds. The molecule has 0 saturated heterocycles. The zero-order valence-corrected chi connectivity index (χ0v) is 12.6. The van der Waals surface area contributed by atoms with Crippen LogP contribution in [0.25, 0.3) is 0 Å². The maximum atomic E-state index is 6.41. The Bertz CT molecular complexity index is 293. The van der Waals surface area contributed by atoms with E-state index < -0.39 is 0 Å². The summed E-state index contributed by atoms with van der Waals surface area (Å²) in [6.45, 7) is 9.56. The highest BCUT2D eigenvalue weighted by atomic mass is 35.5. The van der Waals surface area contributed by atoms with Gasteiger partial charge in [-0.3, -0.25) is 0 Å². The van der Waals surface area contributed by atoms with Crippen LogP contribution in [0.1, 0.15) is 59.8 Å². The Labute approximate surface area is 112 Å². The van der Waals surface area contributed by atoms with Crippen molar-refractivity contribution in [3.63, 3.8) is 0 Å². The van der Waals surface area contributed by atoms with Crippen molar-refractivity contribution in [1.82, 2.24) is 0 Å². The van der Waals surface area contributed by atoms with Gasteiger partial charge in [0.1, 0.15) is 0 Å². The van der Waals surface area contributed by atoms with Gasteiger partial charge < -0.3 is 0 Å². The molecule has 0 nitrogen and oxygen atoms in total. The lowest BCUT2D eigenvalue weighted by Gasteiger charge is -2.39. The molecule has 0 N–H and O–H groups in total. The van der Waals surface area contributed by atoms with Crippen molar-refractivity contribution in [2.75, 3.05) is 0 Å². The van der Waals surface area contributed by atoms with Crippen LogP contribution >= 0.6 is 11.6 Å². The van der Waals surface area contributed by atoms with E-state index in [1.807, 2.05) is 0 Å². The van der Waals surface area contributed by atoms with Crippen LogP contribution in [0.15, 0.2) is 11.6 Å². The third kappa shape index (κ3) is 3.50. The van der Waals surface area contributed by atoms with Crippen molar-refractivity contribution < 1.29 is 0 Å². The van der Waals surface area contributed by atoms with Crippen molar-refractivity contribution in [2.24, 2.45) is 23.2 Å². The first kappa shape index (κ1) is 13.5. The SMILES string of the molecule is CC1CC(C)CC(C2=CC(Cl)CC(C)(C)C2)C1. The van der Waals surface area contributed by atoms with Gasteiger partial charge >= 0.3 is 0 Å². The lowest BCUT2D eigenvalue weighted by atomic mass is 9.67. The second-order valence-corrected chi connectivity index (χ2v) is 7.98. The van der Waals surface area contributed by atoms with E-state index in [0.717, 1.165) is 24.2 Å². The van der Waals surface area contributed by atoms with Gasteiger partial charge in [0.2, 0.25) is 0 Å². The largest absolute Gasteiger partial charge is 0.118 e. The third-order valence-electron chi connectivity index (χ3n) is 4.53. The molecular weight excluding hydrogens is 228 g/mol. The van der Waals surface area contributed by atoms with Crippen molar-refractivity contribution in [3.05, 3.63) is 11.6 Å². The molecule has 2 rings (SSSR count). The van der Waals surface area contributed by atoms with E-state index in [2.05, 4.69) is 33.8 Å². The molecule has 2 aliphatic carbocycles. The van der Waals surface area contributed by atoms with E-state index in [1.54, 1.807) is 5.57 Å². The minimum absolute atomic E-state index is 0.265. The molecule has 1 fully saturated rings. The summed E-state index contributed by atoms with van der Waals surface area (Å²) < 4.78 is 0. The van der Waals surface area contributed by atoms with Gasteiger partial charge in [0.25, 0.3) is 0 Å². The van der Waals surface area contributed by atoms with Gasteiger partial charge in [0, 0.05) is 0 Å². The zero-order chi connectivity index (χ0) is 12.6. The van der Waals surface area contributed by atoms with Crippen LogP contribution in [0.5, 0.6) is 0 Å². The molecular formula is C16H27Cl. The highest BCUT2D eigenvalue weighted by Crippen LogP contribution is 2.45. The Kier molecular flexibility index (Phi) is 3.92. The van der Waals surface area contributed by atoms with E-state index in [-0.39, 0.29) is 5.38 Å². The van der Waals surface area contributed by atoms with Gasteiger partial charge in [-0.15, -0.1) is 11.6 Å². The standard InChI is InChI=1S/C16H27Cl/c1-11-5-12(2)7-13(6-11)14-8-15(17)10-16(3,4)9-14/h8,11-13,15H,5-7,9-10H2,1-4H3. The first-order chi connectivity index (χ1) is 7.85. The summed E-state index contributed by atoms with van der Waals surface area (Å²) in [7, 11) is 0. The van der Waals surface area contributed by atoms with Crippen LogP contribution in [0.3, 0.4) is 0 Å². The predicted molar refractivity (Wildman–Crippen MR) is 76.4 cm³/mol. The summed E-state index contributed by atoms with van der Waals surface area (Å²) in [5.74, 6) is 2.60. The molecule has 0 aromatic heterocycles. The Morgan fingerprint density at radius 3 is 2.24 bits per heavy atom. The second kappa shape index (κ2) is 4.96. The van der Waals surface area contributed by atoms with Crippen LogP contribution < -0.4 is 0 Å². The van der Waals surface area contributed by atoms with Crippen molar-refractivity contribution in [2.45, 2.75) is 65.2 Å². The topological polar surface area (TPSA) is 0 Å². The van der Waals surface area contributed by atoms with Gasteiger partial charge in [-0.05, 0) is 55.3 Å². The lowest BCUT2D eigenvalue weighted by molar-refractivity contribution is 0.220. The number of halogens is 1. The molecule has 98 valence electrons. The number of rotatable bonds is 1. The van der Waals surface area contributed by atoms with E-state index >= 15 is 0 Å². The summed E-state index contributed by atoms with van der Waals surface area (Å²) in [5.41, 5.74) is 2.07. The second-order valence-electron chi connectivity index (χ2n) is 7.42. The predicted octanol–water partition coefficient (Wildman–Crippen LogP) is 5.41. The lowest BCUT2D eigenvalue weighted by Crippen LogP contribution is -2.28. The number of hydrogen-bond donors (Lipinski definition) is 0. The minimum atomic E-state index is 0.265. The third-order valence-corrected chi connectivity index (χ3v) is 4.81. The summed E-state index contributed by atoms with van der Waals surface area (Å²) in [4.78, 5) is 0. The van der Waals surface area contributed by atoms with Gasteiger partial charge in [-0.2, -0.15) is 0 Å². The maximum absolute atomic E-state index is 6.41. The highest BCUT2D eigenvalue weighted by Gasteiger charge is 2.33. The normalized spacial score (nSPS) is 42.1. The number of allylic oxidation sites excluding steroid dienone is 2. The average Bonchev–Trinajstić information content (AvgIpc) is 2.12. The summed E-state index contributed by atoms with van der Waals surface area (Å²) >= 11 is 6.41. The highest BCUT2D eigenvalue weighted by molar-refractivity contribution is 6.21. The fraction of sp³-hybridized carbons (Fsp3) is 0.875. The van der Waals surface area contributed by atoms with Crippen LogP contribution in [-0.4, -0.2) is 5.38 Å². The quantitative estimate of drug-likeness (QED) is 0.433. The van der Waals surface area contributed by atoms with Gasteiger partial charge in [-0.1, -0.05) is 39.3 Å². The molecule has 1 heteroatoms. The summed E-state index contributed by atoms with van der Waals surface area (Å²) in [5, 5.41) is 0.265. The Hall–Kier alpha value is 0.0300. The van der Waals surface area contributed by atoms with Crippen LogP contribution in [-0.2, 0) is 0 Å². The minimum Gasteiger partial charge on any atom is -0.118 e. The molecule has 3 unspecified atom stereocenters. The first-order valence-corrected chi connectivity index (χ1v) is 7.64. The van der Waals surface area contributed by atoms with E-state index in [4.69, 9.17) is 11.6 Å². The summed E-state index contributed by atoms with van der Waals surface area (Å²) in [6, 6.07) is 0. The van der Waals surface area contributed by atoms with Crippen molar-refractivity contribution in [3.8, 4) is 0 Å². The van der Waals surface area contributed by atoms with E-state index in [0.29, 0.717) is 5.41 Å². The molecule has 1 saturated carbocycles. The van der Waals surface area contributed by atoms with Crippen molar-refractivity contribution in [1.29, 1.82) is 0 Å². The van der Waals surface area contributed by atoms with Gasteiger partial charge in [0.15, 0.2) is 0 Å². The molecule has 0 aliphatic heterocycles. The van der Waals surface area contributed by atoms with Gasteiger partial charge in [0.05, 0.1) is 5.38 Å². The number of hydrogen-bond acceptors (Lipinski definition) is 0. The van der Waals surface area contributed by atoms with E-state index in [9.17, 15) is 0 Å². The monoisotopic (exact) mass is 254 g/mol. The van der Waals surface area contributed by atoms with E-state index in [1.165, 1.54) is 25.7 Å². The Morgan fingerprint density at radius 2 is 1.71 bits per heavy atom. The molecule has 0 aromatic rings. The molecule has 2 aliphatic rings. The fourth-order valence-corrected chi connectivity index (χ4v) is 4.61. The van der Waals surface area contributed by atoms with Crippen LogP contribution in [0.2, 0.25) is 0 Å². The molecule has 17 heavy (non-hydrogen) atoms. The average molecular weight is 255 g/mol. The molecule has 0 bridgehead atoms. The smallest absolute Gasteiger partial charge is 0.0523 e. The molecule has 3 atom stereocenters.